The number of carbonyl (C=O) groups is 1. The largest absolute Gasteiger partial charge is 0.468 e. The minimum atomic E-state index is -1.42. The van der Waals surface area contributed by atoms with Crippen LogP contribution in [0.4, 0.5) is 0 Å². The van der Waals surface area contributed by atoms with Crippen molar-refractivity contribution in [1.82, 2.24) is 0 Å². The Hall–Kier alpha value is -2.39. The van der Waals surface area contributed by atoms with Crippen molar-refractivity contribution in [2.24, 2.45) is 5.41 Å². The van der Waals surface area contributed by atoms with Crippen LogP contribution in [0.3, 0.4) is 0 Å². The molecule has 3 heteroatoms. The van der Waals surface area contributed by atoms with Gasteiger partial charge >= 0.3 is 5.97 Å². The summed E-state index contributed by atoms with van der Waals surface area (Å²) in [6.07, 6.45) is 3.33. The normalized spacial score (nSPS) is 25.1. The molecule has 0 saturated heterocycles. The topological polar surface area (TPSA) is 46.5 Å². The highest BCUT2D eigenvalue weighted by Gasteiger charge is 2.62. The number of methoxy groups -OCH3 is 1. The molecule has 0 saturated carbocycles. The number of allylic oxidation sites excluding steroid dienone is 1. The van der Waals surface area contributed by atoms with Crippen molar-refractivity contribution in [2.45, 2.75) is 24.9 Å². The van der Waals surface area contributed by atoms with Crippen molar-refractivity contribution in [3.05, 3.63) is 83.9 Å². The molecule has 1 N–H and O–H groups in total. The predicted octanol–water partition coefficient (Wildman–Crippen LogP) is 3.60. The molecule has 3 nitrogen and oxygen atoms in total. The summed E-state index contributed by atoms with van der Waals surface area (Å²) in [5, 5.41) is 11.9. The van der Waals surface area contributed by atoms with E-state index in [2.05, 4.69) is 6.58 Å². The fraction of sp³-hybridized carbons (Fsp3) is 0.286. The summed E-state index contributed by atoms with van der Waals surface area (Å²) in [6, 6.07) is 17.1. The second-order valence-electron chi connectivity index (χ2n) is 6.31. The molecular formula is C21H22O3. The highest BCUT2D eigenvalue weighted by atomic mass is 16.5. The molecule has 0 aromatic heterocycles. The maximum absolute atomic E-state index is 12.9. The van der Waals surface area contributed by atoms with Gasteiger partial charge in [-0.25, -0.2) is 0 Å². The highest BCUT2D eigenvalue weighted by molar-refractivity contribution is 5.82. The Morgan fingerprint density at radius 2 is 1.88 bits per heavy atom. The number of benzene rings is 2. The lowest BCUT2D eigenvalue weighted by molar-refractivity contribution is -0.168. The molecule has 2 aromatic rings. The molecule has 1 aliphatic rings. The van der Waals surface area contributed by atoms with Crippen molar-refractivity contribution in [1.29, 1.82) is 0 Å². The van der Waals surface area contributed by atoms with Gasteiger partial charge in [-0.15, -0.1) is 6.58 Å². The maximum atomic E-state index is 12.9. The van der Waals surface area contributed by atoms with E-state index in [1.165, 1.54) is 7.11 Å². The Morgan fingerprint density at radius 3 is 2.54 bits per heavy atom. The zero-order chi connectivity index (χ0) is 17.2. The Labute approximate surface area is 142 Å². The van der Waals surface area contributed by atoms with Crippen molar-refractivity contribution in [3.63, 3.8) is 0 Å². The Bertz CT molecular complexity index is 753. The van der Waals surface area contributed by atoms with Crippen LogP contribution in [-0.2, 0) is 21.6 Å². The van der Waals surface area contributed by atoms with Gasteiger partial charge in [-0.1, -0.05) is 60.7 Å². The van der Waals surface area contributed by atoms with Gasteiger partial charge in [0.2, 0.25) is 0 Å². The highest BCUT2D eigenvalue weighted by Crippen LogP contribution is 2.56. The van der Waals surface area contributed by atoms with E-state index in [9.17, 15) is 9.90 Å². The monoisotopic (exact) mass is 322 g/mol. The van der Waals surface area contributed by atoms with Crippen molar-refractivity contribution < 1.29 is 14.6 Å². The van der Waals surface area contributed by atoms with E-state index in [4.69, 9.17) is 4.74 Å². The average Bonchev–Trinajstić information content (AvgIpc) is 2.91. The number of aliphatic hydroxyl groups is 1. The third kappa shape index (κ3) is 2.20. The molecule has 0 fully saturated rings. The second kappa shape index (κ2) is 6.25. The number of hydrogen-bond donors (Lipinski definition) is 1. The van der Waals surface area contributed by atoms with E-state index in [1.54, 1.807) is 6.08 Å². The van der Waals surface area contributed by atoms with E-state index in [1.807, 2.05) is 54.6 Å². The zero-order valence-electron chi connectivity index (χ0n) is 13.9. The number of fused-ring (bicyclic) bond motifs is 1. The van der Waals surface area contributed by atoms with Crippen LogP contribution < -0.4 is 0 Å². The number of carbonyl (C=O) groups excluding carboxylic acids is 1. The van der Waals surface area contributed by atoms with Gasteiger partial charge in [0.05, 0.1) is 7.11 Å². The first kappa shape index (κ1) is 16.5. The summed E-state index contributed by atoms with van der Waals surface area (Å²) in [7, 11) is 1.38. The molecule has 0 aliphatic heterocycles. The number of hydrogen-bond acceptors (Lipinski definition) is 3. The van der Waals surface area contributed by atoms with Crippen LogP contribution in [0.15, 0.2) is 67.3 Å². The molecule has 0 heterocycles. The van der Waals surface area contributed by atoms with Gasteiger partial charge in [0.1, 0.15) is 11.0 Å². The molecule has 24 heavy (non-hydrogen) atoms. The predicted molar refractivity (Wildman–Crippen MR) is 93.5 cm³/mol. The summed E-state index contributed by atoms with van der Waals surface area (Å²) < 4.78 is 5.15. The first-order chi connectivity index (χ1) is 11.6. The second-order valence-corrected chi connectivity index (χ2v) is 6.31. The van der Waals surface area contributed by atoms with E-state index in [0.29, 0.717) is 24.8 Å². The van der Waals surface area contributed by atoms with Crippen molar-refractivity contribution in [2.75, 3.05) is 7.11 Å². The Morgan fingerprint density at radius 1 is 1.21 bits per heavy atom. The van der Waals surface area contributed by atoms with Gasteiger partial charge in [0.15, 0.2) is 0 Å². The number of esters is 1. The third-order valence-corrected chi connectivity index (χ3v) is 5.13. The molecule has 0 amide bonds. The lowest BCUT2D eigenvalue weighted by Crippen LogP contribution is -2.50. The summed E-state index contributed by atoms with van der Waals surface area (Å²) >= 11 is 0. The van der Waals surface area contributed by atoms with E-state index in [-0.39, 0.29) is 5.97 Å². The summed E-state index contributed by atoms with van der Waals surface area (Å²) in [5.41, 5.74) is 0.00969. The molecule has 0 unspecified atom stereocenters. The fourth-order valence-corrected chi connectivity index (χ4v) is 3.98. The van der Waals surface area contributed by atoms with E-state index in [0.717, 1.165) is 11.1 Å². The maximum Gasteiger partial charge on any atom is 0.315 e. The van der Waals surface area contributed by atoms with Crippen LogP contribution in [0, 0.1) is 5.41 Å². The Kier molecular flexibility index (Phi) is 4.29. The standard InChI is InChI=1S/C21H22O3/c1-3-4-14-20(19(22)24-2)15-16-10-8-9-13-18(16)21(20,23)17-11-6-5-7-12-17/h3,5-13,23H,1,4,14-15H2,2H3/t20-,21+/m0/s1. The summed E-state index contributed by atoms with van der Waals surface area (Å²) in [4.78, 5) is 12.9. The van der Waals surface area contributed by atoms with Crippen LogP contribution in [0.25, 0.3) is 0 Å². The quantitative estimate of drug-likeness (QED) is 0.676. The van der Waals surface area contributed by atoms with Crippen molar-refractivity contribution >= 4 is 5.97 Å². The van der Waals surface area contributed by atoms with Gasteiger partial charge in [-0.2, -0.15) is 0 Å². The molecule has 0 radical (unpaired) electrons. The Balaban J connectivity index is 2.28. The molecule has 2 atom stereocenters. The lowest BCUT2D eigenvalue weighted by Gasteiger charge is -2.41. The minimum absolute atomic E-state index is 0.382. The lowest BCUT2D eigenvalue weighted by atomic mass is 9.66. The van der Waals surface area contributed by atoms with Gasteiger partial charge in [0, 0.05) is 0 Å². The molecule has 0 spiro atoms. The zero-order valence-corrected chi connectivity index (χ0v) is 13.9. The van der Waals surface area contributed by atoms with Crippen molar-refractivity contribution in [3.8, 4) is 0 Å². The molecular weight excluding hydrogens is 300 g/mol. The van der Waals surface area contributed by atoms with Crippen LogP contribution in [-0.4, -0.2) is 18.2 Å². The molecule has 3 rings (SSSR count). The van der Waals surface area contributed by atoms with E-state index >= 15 is 0 Å². The van der Waals surface area contributed by atoms with E-state index < -0.39 is 11.0 Å². The van der Waals surface area contributed by atoms with Gasteiger partial charge in [-0.05, 0) is 36.0 Å². The molecule has 0 bridgehead atoms. The molecule has 1 aliphatic carbocycles. The fourth-order valence-electron chi connectivity index (χ4n) is 3.98. The molecule has 2 aromatic carbocycles. The first-order valence-electron chi connectivity index (χ1n) is 8.16. The summed E-state index contributed by atoms with van der Waals surface area (Å²) in [5.74, 6) is -0.382. The van der Waals surface area contributed by atoms with Gasteiger partial charge in [-0.3, -0.25) is 4.79 Å². The van der Waals surface area contributed by atoms with Crippen LogP contribution in [0.2, 0.25) is 0 Å². The van der Waals surface area contributed by atoms with Crippen LogP contribution in [0.5, 0.6) is 0 Å². The average molecular weight is 322 g/mol. The van der Waals surface area contributed by atoms with Crippen LogP contribution in [0.1, 0.15) is 29.5 Å². The summed E-state index contributed by atoms with van der Waals surface area (Å²) in [6.45, 7) is 3.77. The van der Waals surface area contributed by atoms with Crippen LogP contribution >= 0.6 is 0 Å². The first-order valence-corrected chi connectivity index (χ1v) is 8.16. The number of rotatable bonds is 5. The van der Waals surface area contributed by atoms with Gasteiger partial charge in [0.25, 0.3) is 0 Å². The SMILES string of the molecule is C=CCC[C@@]1(C(=O)OC)Cc2ccccc2[C@]1(O)c1ccccc1. The smallest absolute Gasteiger partial charge is 0.315 e. The number of ether oxygens (including phenoxy) is 1. The van der Waals surface area contributed by atoms with Gasteiger partial charge < -0.3 is 9.84 Å². The molecule has 124 valence electrons. The third-order valence-electron chi connectivity index (χ3n) is 5.13. The minimum Gasteiger partial charge on any atom is -0.468 e.